The average Bonchev–Trinajstić information content (AvgIpc) is 2.67. The zero-order valence-electron chi connectivity index (χ0n) is 17.4. The van der Waals surface area contributed by atoms with E-state index < -0.39 is 29.4 Å². The number of nitrogens with zero attached hydrogens (tertiary/aromatic N) is 1. The Morgan fingerprint density at radius 1 is 1.19 bits per heavy atom. The van der Waals surface area contributed by atoms with Crippen molar-refractivity contribution in [2.45, 2.75) is 38.1 Å². The summed E-state index contributed by atoms with van der Waals surface area (Å²) in [5, 5.41) is 5.66. The number of hydrogen-bond donors (Lipinski definition) is 2. The molecule has 2 aromatic rings. The molecule has 0 bridgehead atoms. The molecule has 2 fully saturated rings. The number of rotatable bonds is 5. The minimum Gasteiger partial charge on any atom is -0.367 e. The van der Waals surface area contributed by atoms with Crippen molar-refractivity contribution in [3.05, 3.63) is 63.7 Å². The van der Waals surface area contributed by atoms with Crippen molar-refractivity contribution in [2.24, 2.45) is 0 Å². The number of aryl methyl sites for hydroxylation is 1. The van der Waals surface area contributed by atoms with E-state index >= 15 is 0 Å². The monoisotopic (exact) mass is 461 g/mol. The van der Waals surface area contributed by atoms with Crippen LogP contribution in [0.4, 0.5) is 14.5 Å². The zero-order chi connectivity index (χ0) is 23.0. The summed E-state index contributed by atoms with van der Waals surface area (Å²) in [7, 11) is 0. The summed E-state index contributed by atoms with van der Waals surface area (Å²) in [6.45, 7) is 2.73. The maximum absolute atomic E-state index is 14.7. The van der Waals surface area contributed by atoms with Crippen molar-refractivity contribution < 1.29 is 23.2 Å². The van der Waals surface area contributed by atoms with E-state index in [9.17, 15) is 23.2 Å². The van der Waals surface area contributed by atoms with E-state index in [0.29, 0.717) is 23.8 Å². The normalized spacial score (nSPS) is 18.9. The lowest BCUT2D eigenvalue weighted by molar-refractivity contribution is -0.134. The van der Waals surface area contributed by atoms with Crippen LogP contribution in [0.5, 0.6) is 0 Å². The highest BCUT2D eigenvalue weighted by Gasteiger charge is 2.34. The number of carbonyl (C=O) groups excluding carboxylic acids is 3. The molecule has 0 saturated carbocycles. The number of nitrogens with one attached hydrogen (secondary N) is 2. The minimum atomic E-state index is -1.03. The van der Waals surface area contributed by atoms with E-state index in [0.717, 1.165) is 11.1 Å². The fraction of sp³-hybridized carbons (Fsp3) is 0.348. The van der Waals surface area contributed by atoms with Gasteiger partial charge in [-0.15, -0.1) is 0 Å². The van der Waals surface area contributed by atoms with Gasteiger partial charge in [0.2, 0.25) is 17.7 Å². The highest BCUT2D eigenvalue weighted by Crippen LogP contribution is 2.33. The number of halogens is 3. The summed E-state index contributed by atoms with van der Waals surface area (Å²) < 4.78 is 29.4. The van der Waals surface area contributed by atoms with Crippen LogP contribution in [0.25, 0.3) is 0 Å². The van der Waals surface area contributed by atoms with Gasteiger partial charge in [-0.05, 0) is 48.7 Å². The van der Waals surface area contributed by atoms with Crippen LogP contribution in [-0.2, 0) is 20.8 Å². The molecule has 2 aliphatic heterocycles. The van der Waals surface area contributed by atoms with Crippen molar-refractivity contribution in [1.82, 2.24) is 10.6 Å². The molecule has 168 valence electrons. The smallest absolute Gasteiger partial charge is 0.234 e. The Labute approximate surface area is 188 Å². The van der Waals surface area contributed by atoms with Gasteiger partial charge >= 0.3 is 0 Å². The van der Waals surface area contributed by atoms with Gasteiger partial charge in [-0.1, -0.05) is 17.7 Å². The first-order valence-electron chi connectivity index (χ1n) is 10.3. The second-order valence-electron chi connectivity index (χ2n) is 8.24. The van der Waals surface area contributed by atoms with Gasteiger partial charge in [-0.3, -0.25) is 19.7 Å². The second-order valence-corrected chi connectivity index (χ2v) is 8.68. The quantitative estimate of drug-likeness (QED) is 0.671. The second kappa shape index (κ2) is 8.86. The van der Waals surface area contributed by atoms with Gasteiger partial charge in [0.15, 0.2) is 0 Å². The Morgan fingerprint density at radius 2 is 1.88 bits per heavy atom. The van der Waals surface area contributed by atoms with Crippen LogP contribution in [0.2, 0.25) is 5.02 Å². The van der Waals surface area contributed by atoms with Crippen LogP contribution in [-0.4, -0.2) is 36.9 Å². The van der Waals surface area contributed by atoms with Crippen molar-refractivity contribution in [1.29, 1.82) is 0 Å². The maximum Gasteiger partial charge on any atom is 0.234 e. The molecule has 1 atom stereocenters. The molecule has 3 amide bonds. The van der Waals surface area contributed by atoms with E-state index in [4.69, 9.17) is 11.6 Å². The van der Waals surface area contributed by atoms with E-state index in [-0.39, 0.29) is 36.8 Å². The summed E-state index contributed by atoms with van der Waals surface area (Å²) in [6, 6.07) is 7.62. The first-order valence-corrected chi connectivity index (χ1v) is 10.7. The first kappa shape index (κ1) is 22.2. The number of benzene rings is 2. The Bertz CT molecular complexity index is 1080. The molecule has 2 aliphatic rings. The number of amides is 3. The highest BCUT2D eigenvalue weighted by molar-refractivity contribution is 6.30. The number of imide groups is 1. The highest BCUT2D eigenvalue weighted by atomic mass is 35.5. The molecule has 1 unspecified atom stereocenters. The standard InChI is InChI=1S/C23H22ClF2N3O3/c1-12-6-14(24)3-2-13(12)7-21(31)27-15-10-29(11-15)16-8-18(25)22(19(26)9-16)17-4-5-20(30)28-23(17)32/h2-3,6,8-9,15,17H,4-5,7,10-11H2,1H3,(H,27,31)(H,28,30,32). The number of piperidine rings is 1. The van der Waals surface area contributed by atoms with Crippen molar-refractivity contribution in [2.75, 3.05) is 18.0 Å². The molecule has 0 spiro atoms. The van der Waals surface area contributed by atoms with Crippen molar-refractivity contribution in [3.63, 3.8) is 0 Å². The Morgan fingerprint density at radius 3 is 2.50 bits per heavy atom. The predicted octanol–water partition coefficient (Wildman–Crippen LogP) is 2.99. The lowest BCUT2D eigenvalue weighted by Gasteiger charge is -2.41. The molecule has 0 radical (unpaired) electrons. The maximum atomic E-state index is 14.7. The van der Waals surface area contributed by atoms with Crippen LogP contribution in [0, 0.1) is 18.6 Å². The molecule has 2 heterocycles. The lowest BCUT2D eigenvalue weighted by atomic mass is 9.89. The topological polar surface area (TPSA) is 78.5 Å². The van der Waals surface area contributed by atoms with Crippen LogP contribution in [0.3, 0.4) is 0 Å². The fourth-order valence-electron chi connectivity index (χ4n) is 4.15. The lowest BCUT2D eigenvalue weighted by Crippen LogP contribution is -2.59. The van der Waals surface area contributed by atoms with Gasteiger partial charge in [0, 0.05) is 35.8 Å². The fourth-order valence-corrected chi connectivity index (χ4v) is 4.37. The first-order chi connectivity index (χ1) is 15.2. The van der Waals surface area contributed by atoms with Gasteiger partial charge in [0.05, 0.1) is 18.4 Å². The molecule has 9 heteroatoms. The molecular formula is C23H22ClF2N3O3. The predicted molar refractivity (Wildman–Crippen MR) is 116 cm³/mol. The molecule has 2 saturated heterocycles. The van der Waals surface area contributed by atoms with Crippen LogP contribution < -0.4 is 15.5 Å². The summed E-state index contributed by atoms with van der Waals surface area (Å²) >= 11 is 5.94. The molecule has 2 N–H and O–H groups in total. The Hall–Kier alpha value is -3.00. The molecule has 32 heavy (non-hydrogen) atoms. The van der Waals surface area contributed by atoms with Gasteiger partial charge in [0.25, 0.3) is 0 Å². The summed E-state index contributed by atoms with van der Waals surface area (Å²) in [4.78, 5) is 37.4. The number of hydrogen-bond acceptors (Lipinski definition) is 4. The zero-order valence-corrected chi connectivity index (χ0v) is 18.1. The molecule has 0 aliphatic carbocycles. The van der Waals surface area contributed by atoms with E-state index in [1.54, 1.807) is 17.0 Å². The van der Waals surface area contributed by atoms with Crippen LogP contribution in [0.1, 0.15) is 35.4 Å². The van der Waals surface area contributed by atoms with E-state index in [1.165, 1.54) is 12.1 Å². The third kappa shape index (κ3) is 4.60. The Kier molecular flexibility index (Phi) is 6.15. The minimum absolute atomic E-state index is 0.0418. The number of carbonyl (C=O) groups is 3. The van der Waals surface area contributed by atoms with Crippen LogP contribution >= 0.6 is 11.6 Å². The van der Waals surface area contributed by atoms with Gasteiger partial charge in [0.1, 0.15) is 11.6 Å². The van der Waals surface area contributed by atoms with E-state index in [2.05, 4.69) is 10.6 Å². The molecule has 6 nitrogen and oxygen atoms in total. The van der Waals surface area contributed by atoms with E-state index in [1.807, 2.05) is 13.0 Å². The average molecular weight is 462 g/mol. The molecular weight excluding hydrogens is 440 g/mol. The third-order valence-corrected chi connectivity index (χ3v) is 6.15. The van der Waals surface area contributed by atoms with Crippen LogP contribution in [0.15, 0.2) is 30.3 Å². The SMILES string of the molecule is Cc1cc(Cl)ccc1CC(=O)NC1CN(c2cc(F)c(C3CCC(=O)NC3=O)c(F)c2)C1. The molecule has 0 aromatic heterocycles. The third-order valence-electron chi connectivity index (χ3n) is 5.92. The van der Waals surface area contributed by atoms with Gasteiger partial charge in [-0.2, -0.15) is 0 Å². The summed E-state index contributed by atoms with van der Waals surface area (Å²) in [5.74, 6) is -3.93. The van der Waals surface area contributed by atoms with Gasteiger partial charge in [-0.25, -0.2) is 8.78 Å². The van der Waals surface area contributed by atoms with Gasteiger partial charge < -0.3 is 10.2 Å². The largest absolute Gasteiger partial charge is 0.367 e. The Balaban J connectivity index is 1.36. The van der Waals surface area contributed by atoms with Crippen molar-refractivity contribution in [3.8, 4) is 0 Å². The molecule has 4 rings (SSSR count). The van der Waals surface area contributed by atoms with Crippen molar-refractivity contribution >= 4 is 35.0 Å². The molecule has 2 aromatic carbocycles. The summed E-state index contributed by atoms with van der Waals surface area (Å²) in [6.07, 6.45) is 0.340. The number of anilines is 1. The summed E-state index contributed by atoms with van der Waals surface area (Å²) in [5.41, 5.74) is 1.85.